The number of hydrogen-bond donors (Lipinski definition) is 0. The van der Waals surface area contributed by atoms with E-state index in [9.17, 15) is 4.79 Å². The van der Waals surface area contributed by atoms with Crippen molar-refractivity contribution in [1.82, 2.24) is 24.6 Å². The first kappa shape index (κ1) is 23.2. The molecule has 0 bridgehead atoms. The molecule has 2 aliphatic rings. The van der Waals surface area contributed by atoms with Gasteiger partial charge in [-0.1, -0.05) is 48.5 Å². The Balaban J connectivity index is 1.18. The van der Waals surface area contributed by atoms with Crippen LogP contribution in [0.25, 0.3) is 22.3 Å². The lowest BCUT2D eigenvalue weighted by atomic mass is 9.99. The van der Waals surface area contributed by atoms with Gasteiger partial charge in [-0.25, -0.2) is 19.4 Å². The van der Waals surface area contributed by atoms with E-state index < -0.39 is 0 Å². The van der Waals surface area contributed by atoms with Gasteiger partial charge in [0.05, 0.1) is 24.9 Å². The summed E-state index contributed by atoms with van der Waals surface area (Å²) in [6.07, 6.45) is 6.03. The molecule has 37 heavy (non-hydrogen) atoms. The summed E-state index contributed by atoms with van der Waals surface area (Å²) in [4.78, 5) is 25.4. The minimum Gasteiger partial charge on any atom is -0.445 e. The first-order chi connectivity index (χ1) is 18.2. The van der Waals surface area contributed by atoms with Crippen molar-refractivity contribution in [2.75, 3.05) is 44.3 Å². The second kappa shape index (κ2) is 10.4. The van der Waals surface area contributed by atoms with E-state index in [1.54, 1.807) is 11.2 Å². The number of morpholine rings is 1. The summed E-state index contributed by atoms with van der Waals surface area (Å²) < 4.78 is 12.8. The van der Waals surface area contributed by atoms with Crippen LogP contribution < -0.4 is 4.90 Å². The maximum absolute atomic E-state index is 12.5. The van der Waals surface area contributed by atoms with Crippen LogP contribution >= 0.6 is 0 Å². The Labute approximate surface area is 214 Å². The Morgan fingerprint density at radius 2 is 1.81 bits per heavy atom. The molecule has 0 aliphatic carbocycles. The molecule has 0 saturated carbocycles. The number of carbonyl (C=O) groups is 1. The van der Waals surface area contributed by atoms with Crippen LogP contribution in [0.4, 0.5) is 10.6 Å². The first-order valence-corrected chi connectivity index (χ1v) is 12.5. The molecule has 2 aromatic heterocycles. The highest BCUT2D eigenvalue weighted by molar-refractivity contribution is 5.85. The van der Waals surface area contributed by atoms with Crippen molar-refractivity contribution in [2.24, 2.45) is 0 Å². The number of anilines is 1. The third-order valence-corrected chi connectivity index (χ3v) is 6.80. The van der Waals surface area contributed by atoms with Crippen molar-refractivity contribution < 1.29 is 14.3 Å². The Bertz CT molecular complexity index is 1430. The highest BCUT2D eigenvalue weighted by Gasteiger charge is 2.20. The fraction of sp³-hybridized carbons (Fsp3) is 0.286. The Morgan fingerprint density at radius 3 is 2.62 bits per heavy atom. The summed E-state index contributed by atoms with van der Waals surface area (Å²) in [5.41, 5.74) is 4.29. The van der Waals surface area contributed by atoms with Crippen LogP contribution in [0, 0.1) is 0 Å². The smallest absolute Gasteiger partial charge is 0.410 e. The number of aromatic nitrogens is 4. The molecular formula is C28H28N6O3. The van der Waals surface area contributed by atoms with Gasteiger partial charge in [0.2, 0.25) is 0 Å². The number of nitrogens with zero attached hydrogens (tertiary/aromatic N) is 6. The summed E-state index contributed by atoms with van der Waals surface area (Å²) in [7, 11) is 0. The zero-order valence-corrected chi connectivity index (χ0v) is 20.5. The van der Waals surface area contributed by atoms with E-state index in [4.69, 9.17) is 9.47 Å². The number of rotatable bonds is 5. The first-order valence-electron chi connectivity index (χ1n) is 12.5. The Kier molecular flexibility index (Phi) is 6.51. The van der Waals surface area contributed by atoms with E-state index in [1.807, 2.05) is 47.3 Å². The van der Waals surface area contributed by atoms with E-state index in [0.29, 0.717) is 26.3 Å². The van der Waals surface area contributed by atoms with E-state index in [0.717, 1.165) is 53.2 Å². The normalized spacial score (nSPS) is 16.1. The van der Waals surface area contributed by atoms with Crippen molar-refractivity contribution in [1.29, 1.82) is 0 Å². The lowest BCUT2D eigenvalue weighted by Crippen LogP contribution is -2.36. The third kappa shape index (κ3) is 5.03. The average Bonchev–Trinajstić information content (AvgIpc) is 3.40. The lowest BCUT2D eigenvalue weighted by molar-refractivity contribution is 0.0998. The molecule has 4 aromatic rings. The molecule has 4 heterocycles. The van der Waals surface area contributed by atoms with Crippen LogP contribution in [0.2, 0.25) is 0 Å². The second-order valence-corrected chi connectivity index (χ2v) is 9.13. The van der Waals surface area contributed by atoms with Gasteiger partial charge in [-0.2, -0.15) is 5.10 Å². The summed E-state index contributed by atoms with van der Waals surface area (Å²) >= 11 is 0. The molecule has 0 atom stereocenters. The van der Waals surface area contributed by atoms with Gasteiger partial charge in [-0.3, -0.25) is 0 Å². The molecule has 0 unspecified atom stereocenters. The molecule has 0 spiro atoms. The molecule has 1 fully saturated rings. The monoisotopic (exact) mass is 496 g/mol. The largest absolute Gasteiger partial charge is 0.445 e. The summed E-state index contributed by atoms with van der Waals surface area (Å²) in [6, 6.07) is 18.0. The van der Waals surface area contributed by atoms with E-state index in [-0.39, 0.29) is 12.7 Å². The van der Waals surface area contributed by atoms with Crippen molar-refractivity contribution in [3.05, 3.63) is 84.3 Å². The number of carbonyl (C=O) groups excluding carboxylic acids is 1. The quantitative estimate of drug-likeness (QED) is 0.412. The van der Waals surface area contributed by atoms with Crippen LogP contribution in [-0.2, 0) is 16.1 Å². The fourth-order valence-electron chi connectivity index (χ4n) is 4.73. The second-order valence-electron chi connectivity index (χ2n) is 9.13. The molecule has 9 nitrogen and oxygen atoms in total. The van der Waals surface area contributed by atoms with Gasteiger partial charge in [-0.15, -0.1) is 0 Å². The SMILES string of the molecule is O=C(OCc1ccccc1)N1CC=C(c2ccc3cnn(-c4cc(N5CCOCC5)ncn4)c3c2)CC1. The standard InChI is InChI=1S/C28H28N6O3/c35-28(37-19-21-4-2-1-3-5-21)33-10-8-22(9-11-33)23-6-7-24-18-31-34(25(24)16-23)27-17-26(29-20-30-27)32-12-14-36-15-13-32/h1-8,16-18,20H,9-15,19H2. The zero-order chi connectivity index (χ0) is 25.0. The van der Waals surface area contributed by atoms with Gasteiger partial charge in [0.15, 0.2) is 5.82 Å². The number of ether oxygens (including phenoxy) is 2. The van der Waals surface area contributed by atoms with Crippen molar-refractivity contribution in [3.63, 3.8) is 0 Å². The van der Waals surface area contributed by atoms with Crippen LogP contribution in [0.1, 0.15) is 17.5 Å². The van der Waals surface area contributed by atoms with E-state index in [2.05, 4.69) is 44.2 Å². The third-order valence-electron chi connectivity index (χ3n) is 6.80. The molecule has 1 amide bonds. The molecule has 1 saturated heterocycles. The summed E-state index contributed by atoms with van der Waals surface area (Å²) in [6.45, 7) is 4.44. The number of hydrogen-bond acceptors (Lipinski definition) is 7. The predicted octanol–water partition coefficient (Wildman–Crippen LogP) is 4.08. The van der Waals surface area contributed by atoms with E-state index in [1.165, 1.54) is 5.57 Å². The fourth-order valence-corrected chi connectivity index (χ4v) is 4.73. The van der Waals surface area contributed by atoms with Gasteiger partial charge < -0.3 is 19.3 Å². The number of fused-ring (bicyclic) bond motifs is 1. The highest BCUT2D eigenvalue weighted by atomic mass is 16.6. The average molecular weight is 497 g/mol. The topological polar surface area (TPSA) is 85.6 Å². The maximum atomic E-state index is 12.5. The molecule has 2 aliphatic heterocycles. The molecule has 2 aromatic carbocycles. The number of amides is 1. The van der Waals surface area contributed by atoms with Gasteiger partial charge in [0.25, 0.3) is 0 Å². The van der Waals surface area contributed by atoms with Crippen molar-refractivity contribution >= 4 is 28.4 Å². The van der Waals surface area contributed by atoms with Gasteiger partial charge >= 0.3 is 6.09 Å². The van der Waals surface area contributed by atoms with Gasteiger partial charge in [0, 0.05) is 37.6 Å². The van der Waals surface area contributed by atoms with E-state index >= 15 is 0 Å². The van der Waals surface area contributed by atoms with Gasteiger partial charge in [-0.05, 0) is 29.2 Å². The molecule has 0 N–H and O–H groups in total. The zero-order valence-electron chi connectivity index (χ0n) is 20.5. The minimum absolute atomic E-state index is 0.281. The molecule has 188 valence electrons. The number of benzene rings is 2. The highest BCUT2D eigenvalue weighted by Crippen LogP contribution is 2.27. The molecular weight excluding hydrogens is 468 g/mol. The summed E-state index contributed by atoms with van der Waals surface area (Å²) in [5.74, 6) is 1.61. The van der Waals surface area contributed by atoms with Gasteiger partial charge in [0.1, 0.15) is 18.8 Å². The molecule has 6 rings (SSSR count). The Hall–Kier alpha value is -4.24. The van der Waals surface area contributed by atoms with Crippen LogP contribution in [0.15, 0.2) is 73.2 Å². The van der Waals surface area contributed by atoms with Crippen LogP contribution in [0.3, 0.4) is 0 Å². The van der Waals surface area contributed by atoms with Crippen LogP contribution in [-0.4, -0.2) is 70.1 Å². The summed E-state index contributed by atoms with van der Waals surface area (Å²) in [5, 5.41) is 5.65. The lowest BCUT2D eigenvalue weighted by Gasteiger charge is -2.27. The predicted molar refractivity (Wildman–Crippen MR) is 140 cm³/mol. The Morgan fingerprint density at radius 1 is 0.973 bits per heavy atom. The minimum atomic E-state index is -0.285. The van der Waals surface area contributed by atoms with Crippen molar-refractivity contribution in [3.8, 4) is 5.82 Å². The van der Waals surface area contributed by atoms with Crippen molar-refractivity contribution in [2.45, 2.75) is 13.0 Å². The molecule has 0 radical (unpaired) electrons. The van der Waals surface area contributed by atoms with Crippen LogP contribution in [0.5, 0.6) is 0 Å². The molecule has 9 heteroatoms. The maximum Gasteiger partial charge on any atom is 0.410 e.